The molecular formula is C7H9FN2O3S. The third-order valence-corrected chi connectivity index (χ3v) is 1.81. The molecule has 0 aliphatic heterocycles. The van der Waals surface area contributed by atoms with Crippen LogP contribution in [0.15, 0.2) is 18.2 Å². The van der Waals surface area contributed by atoms with Crippen LogP contribution in [0.1, 0.15) is 5.56 Å². The lowest BCUT2D eigenvalue weighted by Crippen LogP contribution is -2.04. The summed E-state index contributed by atoms with van der Waals surface area (Å²) in [4.78, 5) is 0. The van der Waals surface area contributed by atoms with Crippen LogP contribution in [0.25, 0.3) is 0 Å². The number of halogens is 1. The minimum atomic E-state index is -5.02. The van der Waals surface area contributed by atoms with Gasteiger partial charge in [0.25, 0.3) is 0 Å². The van der Waals surface area contributed by atoms with Gasteiger partial charge in [-0.15, -0.1) is 0 Å². The molecule has 0 amide bonds. The number of rotatable bonds is 3. The molecule has 1 rings (SSSR count). The lowest BCUT2D eigenvalue weighted by atomic mass is 10.2. The van der Waals surface area contributed by atoms with Crippen molar-refractivity contribution in [3.05, 3.63) is 23.8 Å². The Hall–Kier alpha value is -1.34. The monoisotopic (exact) mass is 220 g/mol. The highest BCUT2D eigenvalue weighted by Crippen LogP contribution is 2.20. The van der Waals surface area contributed by atoms with Crippen LogP contribution in [-0.2, 0) is 17.0 Å². The SMILES string of the molecule is NCc1cc(N)cc(OS(=O)(=O)F)c1. The van der Waals surface area contributed by atoms with Crippen molar-refractivity contribution in [2.45, 2.75) is 6.54 Å². The van der Waals surface area contributed by atoms with Gasteiger partial charge in [0.1, 0.15) is 5.75 Å². The van der Waals surface area contributed by atoms with E-state index in [9.17, 15) is 12.3 Å². The predicted molar refractivity (Wildman–Crippen MR) is 49.4 cm³/mol. The van der Waals surface area contributed by atoms with Gasteiger partial charge in [-0.2, -0.15) is 8.42 Å². The first-order chi connectivity index (χ1) is 6.40. The second-order valence-corrected chi connectivity index (χ2v) is 3.54. The van der Waals surface area contributed by atoms with Crippen LogP contribution < -0.4 is 15.7 Å². The molecule has 1 aromatic carbocycles. The highest BCUT2D eigenvalue weighted by atomic mass is 32.3. The maximum absolute atomic E-state index is 12.1. The molecule has 7 heteroatoms. The van der Waals surface area contributed by atoms with Crippen LogP contribution in [0.3, 0.4) is 0 Å². The Balaban J connectivity index is 3.04. The fourth-order valence-electron chi connectivity index (χ4n) is 0.967. The van der Waals surface area contributed by atoms with E-state index in [0.29, 0.717) is 5.56 Å². The molecule has 0 fully saturated rings. The molecule has 4 N–H and O–H groups in total. The Morgan fingerprint density at radius 1 is 1.36 bits per heavy atom. The molecule has 78 valence electrons. The molecule has 0 heterocycles. The third-order valence-electron chi connectivity index (χ3n) is 1.42. The Morgan fingerprint density at radius 2 is 2.00 bits per heavy atom. The Labute approximate surface area is 80.9 Å². The highest BCUT2D eigenvalue weighted by molar-refractivity contribution is 7.81. The molecule has 1 aromatic rings. The van der Waals surface area contributed by atoms with Crippen molar-refractivity contribution in [2.24, 2.45) is 5.73 Å². The van der Waals surface area contributed by atoms with Crippen LogP contribution in [0.5, 0.6) is 5.75 Å². The first kappa shape index (κ1) is 10.7. The summed E-state index contributed by atoms with van der Waals surface area (Å²) < 4.78 is 36.4. The van der Waals surface area contributed by atoms with Gasteiger partial charge in [-0.05, 0) is 17.7 Å². The first-order valence-corrected chi connectivity index (χ1v) is 4.95. The van der Waals surface area contributed by atoms with Crippen molar-refractivity contribution < 1.29 is 16.5 Å². The van der Waals surface area contributed by atoms with Gasteiger partial charge in [-0.3, -0.25) is 0 Å². The molecule has 0 unspecified atom stereocenters. The molecule has 5 nitrogen and oxygen atoms in total. The zero-order chi connectivity index (χ0) is 10.8. The maximum atomic E-state index is 12.1. The third kappa shape index (κ3) is 3.19. The molecule has 0 saturated heterocycles. The summed E-state index contributed by atoms with van der Waals surface area (Å²) in [5, 5.41) is 0. The molecule has 0 aliphatic carbocycles. The summed E-state index contributed by atoms with van der Waals surface area (Å²) in [7, 11) is -5.02. The van der Waals surface area contributed by atoms with E-state index in [4.69, 9.17) is 11.5 Å². The molecule has 0 aliphatic rings. The van der Waals surface area contributed by atoms with Crippen LogP contribution in [0, 0.1) is 0 Å². The van der Waals surface area contributed by atoms with Crippen molar-refractivity contribution in [1.29, 1.82) is 0 Å². The lowest BCUT2D eigenvalue weighted by molar-refractivity contribution is 0.440. The molecular weight excluding hydrogens is 211 g/mol. The Bertz CT molecular complexity index is 433. The topological polar surface area (TPSA) is 95.4 Å². The fraction of sp³-hybridized carbons (Fsp3) is 0.143. The van der Waals surface area contributed by atoms with Gasteiger partial charge in [0, 0.05) is 18.3 Å². The summed E-state index contributed by atoms with van der Waals surface area (Å²) in [6.07, 6.45) is 0. The van der Waals surface area contributed by atoms with E-state index >= 15 is 0 Å². The summed E-state index contributed by atoms with van der Waals surface area (Å²) in [5.74, 6) is -0.187. The van der Waals surface area contributed by atoms with Crippen LogP contribution >= 0.6 is 0 Å². The van der Waals surface area contributed by atoms with E-state index in [0.717, 1.165) is 0 Å². The van der Waals surface area contributed by atoms with Gasteiger partial charge in [-0.25, -0.2) is 0 Å². The van der Waals surface area contributed by atoms with Crippen molar-refractivity contribution in [1.82, 2.24) is 0 Å². The maximum Gasteiger partial charge on any atom is 0.488 e. The van der Waals surface area contributed by atoms with Crippen LogP contribution in [0.4, 0.5) is 9.57 Å². The summed E-state index contributed by atoms with van der Waals surface area (Å²) in [6, 6.07) is 4.03. The standard InChI is InChI=1S/C7H9FN2O3S/c8-14(11,12)13-7-2-5(4-9)1-6(10)3-7/h1-3H,4,9-10H2. The van der Waals surface area contributed by atoms with E-state index in [1.165, 1.54) is 18.2 Å². The minimum Gasteiger partial charge on any atom is -0.399 e. The van der Waals surface area contributed by atoms with Gasteiger partial charge in [0.15, 0.2) is 0 Å². The van der Waals surface area contributed by atoms with Gasteiger partial charge in [0.05, 0.1) is 0 Å². The van der Waals surface area contributed by atoms with E-state index in [1.54, 1.807) is 0 Å². The van der Waals surface area contributed by atoms with Crippen molar-refractivity contribution in [3.8, 4) is 5.75 Å². The molecule has 0 saturated carbocycles. The molecule has 0 spiro atoms. The second-order valence-electron chi connectivity index (χ2n) is 2.59. The number of hydrogen-bond acceptors (Lipinski definition) is 5. The predicted octanol–water partition coefficient (Wildman–Crippen LogP) is 0.321. The molecule has 0 bridgehead atoms. The molecule has 0 aromatic heterocycles. The average Bonchev–Trinajstić information content (AvgIpc) is 1.99. The highest BCUT2D eigenvalue weighted by Gasteiger charge is 2.10. The van der Waals surface area contributed by atoms with Gasteiger partial charge in [-0.1, -0.05) is 3.89 Å². The summed E-state index contributed by atoms with van der Waals surface area (Å²) in [5.41, 5.74) is 11.5. The van der Waals surface area contributed by atoms with Crippen molar-refractivity contribution >= 4 is 16.2 Å². The second kappa shape index (κ2) is 3.81. The normalized spacial score (nSPS) is 11.3. The van der Waals surface area contributed by atoms with Gasteiger partial charge < -0.3 is 15.7 Å². The number of anilines is 1. The first-order valence-electron chi connectivity index (χ1n) is 3.64. The Kier molecular flexibility index (Phi) is 2.92. The van der Waals surface area contributed by atoms with E-state index < -0.39 is 10.5 Å². The molecule has 0 radical (unpaired) electrons. The van der Waals surface area contributed by atoms with E-state index in [1.807, 2.05) is 0 Å². The largest absolute Gasteiger partial charge is 0.488 e. The fourth-order valence-corrected chi connectivity index (χ4v) is 1.29. The quantitative estimate of drug-likeness (QED) is 0.565. The van der Waals surface area contributed by atoms with Gasteiger partial charge >= 0.3 is 10.5 Å². The van der Waals surface area contributed by atoms with Crippen LogP contribution in [0.2, 0.25) is 0 Å². The van der Waals surface area contributed by atoms with Crippen LogP contribution in [-0.4, -0.2) is 8.42 Å². The average molecular weight is 220 g/mol. The summed E-state index contributed by atoms with van der Waals surface area (Å²) in [6.45, 7) is 0.160. The Morgan fingerprint density at radius 3 is 2.50 bits per heavy atom. The number of hydrogen-bond donors (Lipinski definition) is 2. The van der Waals surface area contributed by atoms with Crippen molar-refractivity contribution in [3.63, 3.8) is 0 Å². The zero-order valence-corrected chi connectivity index (χ0v) is 7.92. The zero-order valence-electron chi connectivity index (χ0n) is 7.10. The minimum absolute atomic E-state index is 0.160. The number of nitrogens with two attached hydrogens (primary N) is 2. The number of nitrogen functional groups attached to an aromatic ring is 1. The lowest BCUT2D eigenvalue weighted by Gasteiger charge is -2.04. The smallest absolute Gasteiger partial charge is 0.399 e. The molecule has 14 heavy (non-hydrogen) atoms. The van der Waals surface area contributed by atoms with E-state index in [2.05, 4.69) is 4.18 Å². The van der Waals surface area contributed by atoms with E-state index in [-0.39, 0.29) is 18.0 Å². The summed E-state index contributed by atoms with van der Waals surface area (Å²) >= 11 is 0. The van der Waals surface area contributed by atoms with Crippen molar-refractivity contribution in [2.75, 3.05) is 5.73 Å². The molecule has 0 atom stereocenters. The number of benzene rings is 1. The van der Waals surface area contributed by atoms with Gasteiger partial charge in [0.2, 0.25) is 0 Å².